The Labute approximate surface area is 98.6 Å². The lowest BCUT2D eigenvalue weighted by molar-refractivity contribution is -0.0105. The van der Waals surface area contributed by atoms with Crippen LogP contribution in [0.3, 0.4) is 0 Å². The van der Waals surface area contributed by atoms with Crippen LogP contribution in [0.2, 0.25) is 0 Å². The molecule has 1 amide bonds. The molecule has 2 aliphatic heterocycles. The molecule has 1 aromatic rings. The van der Waals surface area contributed by atoms with Crippen LogP contribution in [-0.2, 0) is 6.42 Å². The topological polar surface area (TPSA) is 78.5 Å². The molecule has 0 saturated carbocycles. The molecular weight excluding hydrogens is 222 g/mol. The van der Waals surface area contributed by atoms with E-state index < -0.39 is 6.09 Å². The molecule has 3 rings (SSSR count). The van der Waals surface area contributed by atoms with Gasteiger partial charge in [0.25, 0.3) is 0 Å². The van der Waals surface area contributed by atoms with E-state index in [0.717, 1.165) is 37.1 Å². The number of carboxylic acid groups (broad SMARTS) is 1. The summed E-state index contributed by atoms with van der Waals surface area (Å²) in [5, 5.41) is 15.8. The molecule has 92 valence electrons. The van der Waals surface area contributed by atoms with E-state index in [1.807, 2.05) is 0 Å². The van der Waals surface area contributed by atoms with Crippen molar-refractivity contribution in [1.82, 2.24) is 15.1 Å². The van der Waals surface area contributed by atoms with Gasteiger partial charge in [0.2, 0.25) is 0 Å². The Morgan fingerprint density at radius 2 is 2.24 bits per heavy atom. The number of hydrogen-bond acceptors (Lipinski definition) is 3. The Hall–Kier alpha value is -1.72. The molecular formula is C11H15N3O3. The second-order valence-corrected chi connectivity index (χ2v) is 4.77. The fourth-order valence-corrected chi connectivity index (χ4v) is 2.66. The van der Waals surface area contributed by atoms with Crippen molar-refractivity contribution in [3.05, 3.63) is 11.9 Å². The molecule has 0 aromatic carbocycles. The average Bonchev–Trinajstić information content (AvgIpc) is 2.76. The minimum absolute atomic E-state index is 0.178. The summed E-state index contributed by atoms with van der Waals surface area (Å²) in [5.41, 5.74) is 0.874. The largest absolute Gasteiger partial charge is 0.484 e. The molecule has 1 aromatic heterocycles. The highest BCUT2D eigenvalue weighted by Gasteiger charge is 2.40. The number of aryl methyl sites for hydroxylation is 1. The highest BCUT2D eigenvalue weighted by molar-refractivity contribution is 5.65. The van der Waals surface area contributed by atoms with Gasteiger partial charge in [-0.05, 0) is 12.8 Å². The zero-order valence-electron chi connectivity index (χ0n) is 9.48. The number of nitrogens with one attached hydrogen (secondary N) is 1. The third-order valence-corrected chi connectivity index (χ3v) is 3.78. The van der Waals surface area contributed by atoms with Crippen molar-refractivity contribution in [2.75, 3.05) is 13.1 Å². The van der Waals surface area contributed by atoms with Gasteiger partial charge in [0.1, 0.15) is 5.60 Å². The van der Waals surface area contributed by atoms with Crippen molar-refractivity contribution in [2.45, 2.75) is 31.3 Å². The van der Waals surface area contributed by atoms with E-state index in [1.165, 1.54) is 4.90 Å². The Bertz CT molecular complexity index is 435. The van der Waals surface area contributed by atoms with Gasteiger partial charge in [-0.25, -0.2) is 4.79 Å². The third-order valence-electron chi connectivity index (χ3n) is 3.78. The van der Waals surface area contributed by atoms with E-state index in [4.69, 9.17) is 9.84 Å². The summed E-state index contributed by atoms with van der Waals surface area (Å²) in [4.78, 5) is 12.3. The Morgan fingerprint density at radius 1 is 1.47 bits per heavy atom. The quantitative estimate of drug-likeness (QED) is 0.711. The maximum atomic E-state index is 10.9. The van der Waals surface area contributed by atoms with Crippen LogP contribution < -0.4 is 4.74 Å². The van der Waals surface area contributed by atoms with Gasteiger partial charge in [-0.1, -0.05) is 0 Å². The van der Waals surface area contributed by atoms with E-state index in [-0.39, 0.29) is 5.60 Å². The molecule has 6 nitrogen and oxygen atoms in total. The van der Waals surface area contributed by atoms with Gasteiger partial charge in [-0.15, -0.1) is 0 Å². The molecule has 1 spiro atoms. The number of amides is 1. The van der Waals surface area contributed by atoms with Crippen LogP contribution in [0, 0.1) is 0 Å². The molecule has 0 radical (unpaired) electrons. The summed E-state index contributed by atoms with van der Waals surface area (Å²) < 4.78 is 6.02. The lowest BCUT2D eigenvalue weighted by Gasteiger charge is -2.42. The summed E-state index contributed by atoms with van der Waals surface area (Å²) in [6.45, 7) is 1.12. The van der Waals surface area contributed by atoms with Crippen LogP contribution in [-0.4, -0.2) is 45.0 Å². The fourth-order valence-electron chi connectivity index (χ4n) is 2.66. The summed E-state index contributed by atoms with van der Waals surface area (Å²) in [5.74, 6) is 0.833. The molecule has 2 aliphatic rings. The third kappa shape index (κ3) is 1.73. The highest BCUT2D eigenvalue weighted by atomic mass is 16.5. The highest BCUT2D eigenvalue weighted by Crippen LogP contribution is 2.38. The van der Waals surface area contributed by atoms with Gasteiger partial charge in [-0.2, -0.15) is 5.10 Å². The zero-order chi connectivity index (χ0) is 11.9. The number of carbonyl (C=O) groups is 1. The lowest BCUT2D eigenvalue weighted by atomic mass is 9.84. The predicted octanol–water partition coefficient (Wildman–Crippen LogP) is 1.25. The number of hydrogen-bond donors (Lipinski definition) is 2. The molecule has 0 unspecified atom stereocenters. The molecule has 17 heavy (non-hydrogen) atoms. The minimum atomic E-state index is -0.834. The van der Waals surface area contributed by atoms with E-state index in [2.05, 4.69) is 10.2 Å². The number of likely N-dealkylation sites (tertiary alicyclic amines) is 1. The van der Waals surface area contributed by atoms with E-state index >= 15 is 0 Å². The first-order chi connectivity index (χ1) is 8.19. The van der Waals surface area contributed by atoms with Crippen LogP contribution in [0.15, 0.2) is 6.20 Å². The first-order valence-corrected chi connectivity index (χ1v) is 5.88. The monoisotopic (exact) mass is 237 g/mol. The SMILES string of the molecule is O=C(O)N1CCC2(CCc3[nH]ncc3O2)CC1. The average molecular weight is 237 g/mol. The van der Waals surface area contributed by atoms with E-state index in [9.17, 15) is 4.79 Å². The number of nitrogens with zero attached hydrogens (tertiary/aromatic N) is 2. The number of aromatic amines is 1. The van der Waals surface area contributed by atoms with Gasteiger partial charge in [0, 0.05) is 25.9 Å². The van der Waals surface area contributed by atoms with Gasteiger partial charge < -0.3 is 14.7 Å². The molecule has 3 heterocycles. The van der Waals surface area contributed by atoms with Crippen LogP contribution in [0.5, 0.6) is 5.75 Å². The molecule has 0 aliphatic carbocycles. The van der Waals surface area contributed by atoms with E-state index in [0.29, 0.717) is 13.1 Å². The molecule has 2 N–H and O–H groups in total. The maximum Gasteiger partial charge on any atom is 0.407 e. The Kier molecular flexibility index (Phi) is 2.24. The summed E-state index contributed by atoms with van der Waals surface area (Å²) >= 11 is 0. The standard InChI is InChI=1S/C11H15N3O3/c15-10(16)14-5-3-11(4-6-14)2-1-8-9(17-11)7-12-13-8/h7H,1-6H2,(H,12,13)(H,15,16). The van der Waals surface area contributed by atoms with Gasteiger partial charge in [0.15, 0.2) is 5.75 Å². The van der Waals surface area contributed by atoms with Gasteiger partial charge in [0.05, 0.1) is 11.9 Å². The number of piperidine rings is 1. The fraction of sp³-hybridized carbons (Fsp3) is 0.636. The van der Waals surface area contributed by atoms with Crippen LogP contribution >= 0.6 is 0 Å². The minimum Gasteiger partial charge on any atom is -0.484 e. The number of H-pyrrole nitrogens is 1. The second-order valence-electron chi connectivity index (χ2n) is 4.77. The van der Waals surface area contributed by atoms with Crippen LogP contribution in [0.25, 0.3) is 0 Å². The van der Waals surface area contributed by atoms with E-state index in [1.54, 1.807) is 6.20 Å². The molecule has 1 saturated heterocycles. The smallest absolute Gasteiger partial charge is 0.407 e. The van der Waals surface area contributed by atoms with Crippen LogP contribution in [0.1, 0.15) is 25.0 Å². The normalized spacial score (nSPS) is 22.0. The zero-order valence-corrected chi connectivity index (χ0v) is 9.48. The van der Waals surface area contributed by atoms with Crippen LogP contribution in [0.4, 0.5) is 4.79 Å². The lowest BCUT2D eigenvalue weighted by Crippen LogP contribution is -2.50. The van der Waals surface area contributed by atoms with Crippen molar-refractivity contribution in [1.29, 1.82) is 0 Å². The number of rotatable bonds is 0. The predicted molar refractivity (Wildman–Crippen MR) is 59.1 cm³/mol. The summed E-state index contributed by atoms with van der Waals surface area (Å²) in [7, 11) is 0. The number of fused-ring (bicyclic) bond motifs is 1. The molecule has 0 bridgehead atoms. The summed E-state index contributed by atoms with van der Waals surface area (Å²) in [6, 6.07) is 0. The summed E-state index contributed by atoms with van der Waals surface area (Å²) in [6.07, 6.45) is 4.28. The van der Waals surface area contributed by atoms with Gasteiger partial charge in [-0.3, -0.25) is 5.10 Å². The van der Waals surface area contributed by atoms with Crippen molar-refractivity contribution >= 4 is 6.09 Å². The first kappa shape index (κ1) is 10.4. The Morgan fingerprint density at radius 3 is 2.94 bits per heavy atom. The first-order valence-electron chi connectivity index (χ1n) is 5.88. The van der Waals surface area contributed by atoms with Gasteiger partial charge >= 0.3 is 6.09 Å². The number of ether oxygens (including phenoxy) is 1. The van der Waals surface area contributed by atoms with Crippen molar-refractivity contribution in [3.63, 3.8) is 0 Å². The maximum absolute atomic E-state index is 10.9. The number of aromatic nitrogens is 2. The molecule has 6 heteroatoms. The Balaban J connectivity index is 1.72. The van der Waals surface area contributed by atoms with Crippen molar-refractivity contribution in [3.8, 4) is 5.75 Å². The van der Waals surface area contributed by atoms with Crippen molar-refractivity contribution < 1.29 is 14.6 Å². The molecule has 0 atom stereocenters. The van der Waals surface area contributed by atoms with Crippen molar-refractivity contribution in [2.24, 2.45) is 0 Å². The molecule has 1 fully saturated rings. The second kappa shape index (κ2) is 3.65.